The van der Waals surface area contributed by atoms with Gasteiger partial charge in [0, 0.05) is 6.38 Å². The summed E-state index contributed by atoms with van der Waals surface area (Å²) < 4.78 is 5.77. The summed E-state index contributed by atoms with van der Waals surface area (Å²) in [7, 11) is 0. The van der Waals surface area contributed by atoms with Gasteiger partial charge >= 0.3 is 209 Å². The number of allylic oxidation sites excluding steroid dienone is 2. The standard InChI is InChI=1S/2C15H14N.CH3Cl.Zr/c2*1-11-5-6-12(2)15-10-13(9-14(11)15)16-7-3-4-8-16;1-2;/h2*3-10H,1-2H3;1H3;. The zero-order valence-corrected chi connectivity index (χ0v) is 24.2. The van der Waals surface area contributed by atoms with Gasteiger partial charge in [-0.2, -0.15) is 0 Å². The van der Waals surface area contributed by atoms with Crippen molar-refractivity contribution in [3.8, 4) is 0 Å². The maximum atomic E-state index is 4.64. The fourth-order valence-electron chi connectivity index (χ4n) is 5.58. The van der Waals surface area contributed by atoms with Crippen molar-refractivity contribution in [3.05, 3.63) is 118 Å². The van der Waals surface area contributed by atoms with Crippen LogP contribution in [-0.2, 0) is 23.2 Å². The number of hydrogen-bond donors (Lipinski definition) is 0. The van der Waals surface area contributed by atoms with Gasteiger partial charge in [0.05, 0.1) is 0 Å². The van der Waals surface area contributed by atoms with Gasteiger partial charge in [-0.3, -0.25) is 0 Å². The molecule has 2 aliphatic carbocycles. The van der Waals surface area contributed by atoms with E-state index in [0.717, 1.165) is 0 Å². The molecule has 2 heterocycles. The van der Waals surface area contributed by atoms with Gasteiger partial charge in [-0.1, -0.05) is 0 Å². The van der Waals surface area contributed by atoms with E-state index in [4.69, 9.17) is 0 Å². The van der Waals surface area contributed by atoms with Crippen molar-refractivity contribution in [1.29, 1.82) is 0 Å². The van der Waals surface area contributed by atoms with Crippen molar-refractivity contribution < 1.29 is 23.2 Å². The van der Waals surface area contributed by atoms with Crippen molar-refractivity contribution in [2.75, 3.05) is 6.38 Å². The molecule has 2 unspecified atom stereocenters. The molecule has 2 aliphatic rings. The van der Waals surface area contributed by atoms with Crippen LogP contribution in [-0.4, -0.2) is 15.5 Å². The second-order valence-electron chi connectivity index (χ2n) is 9.41. The molecule has 0 saturated carbocycles. The van der Waals surface area contributed by atoms with Crippen molar-refractivity contribution in [1.82, 2.24) is 9.13 Å². The van der Waals surface area contributed by atoms with Crippen LogP contribution in [0.2, 0.25) is 0 Å². The first-order valence-electron chi connectivity index (χ1n) is 12.1. The normalized spacial score (nSPS) is 17.8. The van der Waals surface area contributed by atoms with Crippen molar-refractivity contribution in [3.63, 3.8) is 0 Å². The summed E-state index contributed by atoms with van der Waals surface area (Å²) in [6, 6.07) is 17.8. The van der Waals surface area contributed by atoms with Gasteiger partial charge in [0.15, 0.2) is 0 Å². The summed E-state index contributed by atoms with van der Waals surface area (Å²) in [5, 5.41) is 0. The molecular weight excluding hydrogens is 527 g/mol. The molecule has 0 fully saturated rings. The minimum absolute atomic E-state index is 0.519. The second-order valence-corrected chi connectivity index (χ2v) is 13.1. The third-order valence-electron chi connectivity index (χ3n) is 7.34. The number of aromatic nitrogens is 2. The molecule has 0 saturated heterocycles. The Morgan fingerprint density at radius 1 is 0.571 bits per heavy atom. The Morgan fingerprint density at radius 2 is 0.914 bits per heavy atom. The second kappa shape index (κ2) is 9.96. The fourth-order valence-corrected chi connectivity index (χ4v) is 11.1. The van der Waals surface area contributed by atoms with E-state index in [1.807, 2.05) is 0 Å². The van der Waals surface area contributed by atoms with Crippen LogP contribution in [0, 0.1) is 27.7 Å². The van der Waals surface area contributed by atoms with Gasteiger partial charge in [-0.15, -0.1) is 11.6 Å². The molecule has 0 spiro atoms. The zero-order valence-electron chi connectivity index (χ0n) is 21.0. The van der Waals surface area contributed by atoms with E-state index in [1.165, 1.54) is 51.2 Å². The van der Waals surface area contributed by atoms with E-state index in [2.05, 4.69) is 134 Å². The van der Waals surface area contributed by atoms with Gasteiger partial charge < -0.3 is 0 Å². The van der Waals surface area contributed by atoms with Gasteiger partial charge in [0.2, 0.25) is 0 Å². The van der Waals surface area contributed by atoms with E-state index in [1.54, 1.807) is 11.1 Å². The molecule has 0 bridgehead atoms. The number of hydrogen-bond acceptors (Lipinski definition) is 0. The van der Waals surface area contributed by atoms with E-state index >= 15 is 0 Å². The molecule has 6 rings (SSSR count). The molecule has 0 aliphatic heterocycles. The van der Waals surface area contributed by atoms with Crippen LogP contribution in [0.5, 0.6) is 0 Å². The molecular formula is C31H31ClN2Zr. The average Bonchev–Trinajstić information content (AvgIpc) is 3.66. The third kappa shape index (κ3) is 4.17. The number of fused-ring (bicyclic) bond motifs is 2. The SMILES string of the molecule is CCl.Cc1ccc(C)c2c1C=C(n1cccc1)[CH]2[Zr][CH]1C(n2cccc2)=Cc2c(C)ccc(C)c21. The van der Waals surface area contributed by atoms with Gasteiger partial charge in [0.1, 0.15) is 0 Å². The quantitative estimate of drug-likeness (QED) is 0.223. The zero-order chi connectivity index (χ0) is 24.7. The molecule has 2 atom stereocenters. The number of rotatable bonds is 4. The first-order chi connectivity index (χ1) is 17.0. The van der Waals surface area contributed by atoms with Crippen LogP contribution >= 0.6 is 11.6 Å². The van der Waals surface area contributed by atoms with E-state index < -0.39 is 23.2 Å². The summed E-state index contributed by atoms with van der Waals surface area (Å²) in [5.74, 6) is 0. The van der Waals surface area contributed by atoms with Crippen LogP contribution in [0.15, 0.2) is 73.3 Å². The Labute approximate surface area is 225 Å². The molecule has 0 radical (unpaired) electrons. The summed E-state index contributed by atoms with van der Waals surface area (Å²) >= 11 is 3.61. The molecule has 35 heavy (non-hydrogen) atoms. The van der Waals surface area contributed by atoms with Crippen LogP contribution < -0.4 is 0 Å². The molecule has 0 N–H and O–H groups in total. The summed E-state index contributed by atoms with van der Waals surface area (Å²) in [6.45, 7) is 9.13. The summed E-state index contributed by atoms with van der Waals surface area (Å²) in [5.41, 5.74) is 14.6. The number of halogens is 1. The Bertz CT molecular complexity index is 1320. The monoisotopic (exact) mass is 556 g/mol. The van der Waals surface area contributed by atoms with Crippen molar-refractivity contribution in [2.24, 2.45) is 0 Å². The van der Waals surface area contributed by atoms with Gasteiger partial charge in [-0.25, -0.2) is 0 Å². The topological polar surface area (TPSA) is 9.86 Å². The van der Waals surface area contributed by atoms with E-state index in [-0.39, 0.29) is 0 Å². The molecule has 2 nitrogen and oxygen atoms in total. The summed E-state index contributed by atoms with van der Waals surface area (Å²) in [6.07, 6.45) is 15.3. The predicted octanol–water partition coefficient (Wildman–Crippen LogP) is 8.27. The van der Waals surface area contributed by atoms with Crippen LogP contribution in [0.25, 0.3) is 23.5 Å². The third-order valence-corrected chi connectivity index (χ3v) is 11.9. The average molecular weight is 558 g/mol. The Hall–Kier alpha value is -2.35. The van der Waals surface area contributed by atoms with Crippen LogP contribution in [0.4, 0.5) is 0 Å². The molecule has 4 aromatic rings. The van der Waals surface area contributed by atoms with Crippen LogP contribution in [0.1, 0.15) is 51.8 Å². The van der Waals surface area contributed by atoms with Crippen molar-refractivity contribution >= 4 is 35.1 Å². The number of nitrogens with zero attached hydrogens (tertiary/aromatic N) is 2. The van der Waals surface area contributed by atoms with Crippen molar-refractivity contribution in [2.45, 2.75) is 34.9 Å². The Balaban J connectivity index is 0.00000124. The molecule has 2 aromatic heterocycles. The Kier molecular flexibility index (Phi) is 6.93. The maximum absolute atomic E-state index is 4.64. The van der Waals surface area contributed by atoms with Crippen LogP contribution in [0.3, 0.4) is 0 Å². The molecule has 176 valence electrons. The first kappa shape index (κ1) is 24.4. The van der Waals surface area contributed by atoms with Gasteiger partial charge in [0.25, 0.3) is 0 Å². The van der Waals surface area contributed by atoms with E-state index in [0.29, 0.717) is 7.25 Å². The fraction of sp³-hybridized carbons (Fsp3) is 0.226. The number of alkyl halides is 1. The van der Waals surface area contributed by atoms with Gasteiger partial charge in [-0.05, 0) is 0 Å². The predicted molar refractivity (Wildman–Crippen MR) is 146 cm³/mol. The molecule has 2 aromatic carbocycles. The first-order valence-corrected chi connectivity index (χ1v) is 15.7. The minimum atomic E-state index is -1.03. The summed E-state index contributed by atoms with van der Waals surface area (Å²) in [4.78, 5) is 0. The van der Waals surface area contributed by atoms with E-state index in [9.17, 15) is 0 Å². The molecule has 0 amide bonds. The number of aryl methyl sites for hydroxylation is 4. The number of benzene rings is 2. The Morgan fingerprint density at radius 3 is 1.29 bits per heavy atom. The molecule has 4 heteroatoms.